The number of unbranched alkanes of at least 4 members (excludes halogenated alkanes) is 19. The average Bonchev–Trinajstić information content (AvgIpc) is 3.23. The molecule has 0 amide bonds. The maximum absolute atomic E-state index is 13.0. The maximum atomic E-state index is 13.0. The molecule has 18 heteroatoms. The van der Waals surface area contributed by atoms with Crippen molar-refractivity contribution < 1.29 is 76.9 Å². The normalized spacial score (nSPS) is 22.2. The summed E-state index contributed by atoms with van der Waals surface area (Å²) < 4.78 is 49.3. The third-order valence-corrected chi connectivity index (χ3v) is 12.2. The van der Waals surface area contributed by atoms with Crippen molar-refractivity contribution in [3.8, 4) is 0 Å². The summed E-state index contributed by atoms with van der Waals surface area (Å²) in [5.41, 5.74) is 0. The molecule has 0 aromatic heterocycles. The van der Waals surface area contributed by atoms with Crippen LogP contribution in [-0.2, 0) is 41.8 Å². The van der Waals surface area contributed by atoms with Gasteiger partial charge < -0.3 is 44.6 Å². The highest BCUT2D eigenvalue weighted by Gasteiger charge is 2.54. The fraction of sp³-hybridized carbons (Fsp3) is 0.822. The van der Waals surface area contributed by atoms with Gasteiger partial charge in [-0.25, -0.2) is 9.13 Å². The minimum absolute atomic E-state index is 0.0388. The zero-order chi connectivity index (χ0) is 46.8. The highest BCUT2D eigenvalue weighted by molar-refractivity contribution is 7.47. The van der Waals surface area contributed by atoms with E-state index in [1.54, 1.807) is 0 Å². The van der Waals surface area contributed by atoms with Crippen LogP contribution in [-0.4, -0.2) is 103 Å². The van der Waals surface area contributed by atoms with Gasteiger partial charge in [-0.2, -0.15) is 0 Å². The first-order valence-corrected chi connectivity index (χ1v) is 26.6. The fourth-order valence-corrected chi connectivity index (χ4v) is 8.57. The number of phosphoric acid groups is 2. The van der Waals surface area contributed by atoms with Crippen molar-refractivity contribution in [3.63, 3.8) is 0 Å². The number of aliphatic hydroxyl groups is 4. The van der Waals surface area contributed by atoms with Crippen molar-refractivity contribution in [2.75, 3.05) is 13.2 Å². The summed E-state index contributed by atoms with van der Waals surface area (Å²) in [7, 11) is -10.7. The molecule has 1 aliphatic rings. The Balaban J connectivity index is 2.62. The molecule has 7 N–H and O–H groups in total. The highest BCUT2D eigenvalue weighted by atomic mass is 31.2. The lowest BCUT2D eigenvalue weighted by molar-refractivity contribution is -0.216. The predicted octanol–water partition coefficient (Wildman–Crippen LogP) is 8.73. The molecule has 368 valence electrons. The Kier molecular flexibility index (Phi) is 34.2. The fourth-order valence-electron chi connectivity index (χ4n) is 7.03. The Hall–Kier alpha value is -1.78. The zero-order valence-corrected chi connectivity index (χ0v) is 39.8. The summed E-state index contributed by atoms with van der Waals surface area (Å²) in [6, 6.07) is 0. The molecular formula is C45H82O16P2. The van der Waals surface area contributed by atoms with E-state index in [1.807, 2.05) is 0 Å². The molecule has 0 aromatic carbocycles. The molecule has 0 heterocycles. The van der Waals surface area contributed by atoms with Gasteiger partial charge in [0.05, 0.1) is 6.61 Å². The molecule has 0 radical (unpaired) electrons. The van der Waals surface area contributed by atoms with Crippen LogP contribution < -0.4 is 0 Å². The number of carbonyl (C=O) groups excluding carboxylic acids is 2. The average molecular weight is 941 g/mol. The third kappa shape index (κ3) is 30.9. The summed E-state index contributed by atoms with van der Waals surface area (Å²) in [5, 5.41) is 41.2. The smallest absolute Gasteiger partial charge is 0.462 e. The molecule has 1 saturated carbocycles. The van der Waals surface area contributed by atoms with E-state index in [-0.39, 0.29) is 12.8 Å². The lowest BCUT2D eigenvalue weighted by Gasteiger charge is -2.43. The van der Waals surface area contributed by atoms with Crippen LogP contribution in [0.5, 0.6) is 0 Å². The van der Waals surface area contributed by atoms with E-state index in [0.717, 1.165) is 57.8 Å². The van der Waals surface area contributed by atoms with Gasteiger partial charge in [0.1, 0.15) is 43.2 Å². The first-order chi connectivity index (χ1) is 30.1. The third-order valence-electron chi connectivity index (χ3n) is 10.7. The van der Waals surface area contributed by atoms with E-state index in [0.29, 0.717) is 12.8 Å². The highest BCUT2D eigenvalue weighted by Crippen LogP contribution is 2.49. The van der Waals surface area contributed by atoms with Crippen LogP contribution in [0.3, 0.4) is 0 Å². The number of allylic oxidation sites excluding steroid dienone is 6. The standard InChI is InChI=1S/C45H82O16P2/c1-3-5-7-9-11-13-15-17-19-21-23-25-27-29-31-33-38(46)57-35-37(59-39(47)34-32-30-28-26-24-22-20-18-16-14-12-10-8-6-4-2)36-58-63(55,56)61-45-42(50)40(48)41(49)44(43(45)51)60-62(52,53)54/h11,13,17,19,23,25,37,40-45,48-51H,3-10,12,14-16,18,20-22,24,26-36H2,1-2H3,(H,55,56)(H2,52,53,54)/t37-,40?,41?,42?,43?,44-,45+/m1/s1. The maximum Gasteiger partial charge on any atom is 0.472 e. The second-order valence-electron chi connectivity index (χ2n) is 16.5. The Morgan fingerprint density at radius 2 is 0.921 bits per heavy atom. The number of carbonyl (C=O) groups is 2. The molecule has 1 fully saturated rings. The van der Waals surface area contributed by atoms with Crippen LogP contribution in [0, 0.1) is 0 Å². The van der Waals surface area contributed by atoms with Crippen molar-refractivity contribution >= 4 is 27.6 Å². The van der Waals surface area contributed by atoms with E-state index in [2.05, 4.69) is 54.8 Å². The topological polar surface area (TPSA) is 256 Å². The van der Waals surface area contributed by atoms with Gasteiger partial charge in [-0.05, 0) is 51.4 Å². The quantitative estimate of drug-likeness (QED) is 0.0132. The molecule has 1 rings (SSSR count). The second-order valence-corrected chi connectivity index (χ2v) is 19.1. The zero-order valence-electron chi connectivity index (χ0n) is 38.0. The van der Waals surface area contributed by atoms with E-state index in [9.17, 15) is 44.0 Å². The van der Waals surface area contributed by atoms with Crippen LogP contribution >= 0.6 is 15.6 Å². The van der Waals surface area contributed by atoms with Gasteiger partial charge in [-0.15, -0.1) is 0 Å². The van der Waals surface area contributed by atoms with Crippen LogP contribution in [0.1, 0.15) is 181 Å². The van der Waals surface area contributed by atoms with Crippen LogP contribution in [0.25, 0.3) is 0 Å². The van der Waals surface area contributed by atoms with Crippen molar-refractivity contribution in [1.29, 1.82) is 0 Å². The van der Waals surface area contributed by atoms with Crippen LogP contribution in [0.2, 0.25) is 0 Å². The summed E-state index contributed by atoms with van der Waals surface area (Å²) in [4.78, 5) is 54.2. The van der Waals surface area contributed by atoms with Crippen LogP contribution in [0.4, 0.5) is 0 Å². The predicted molar refractivity (Wildman–Crippen MR) is 241 cm³/mol. The van der Waals surface area contributed by atoms with Gasteiger partial charge >= 0.3 is 27.6 Å². The lowest BCUT2D eigenvalue weighted by atomic mass is 9.85. The summed E-state index contributed by atoms with van der Waals surface area (Å²) in [6.07, 6.45) is 23.9. The van der Waals surface area contributed by atoms with E-state index >= 15 is 0 Å². The molecule has 0 saturated heterocycles. The first-order valence-electron chi connectivity index (χ1n) is 23.5. The van der Waals surface area contributed by atoms with Gasteiger partial charge in [0.25, 0.3) is 0 Å². The molecule has 5 unspecified atom stereocenters. The lowest BCUT2D eigenvalue weighted by Crippen LogP contribution is -2.64. The summed E-state index contributed by atoms with van der Waals surface area (Å²) in [6.45, 7) is 3.05. The molecular weight excluding hydrogens is 858 g/mol. The number of phosphoric ester groups is 2. The molecule has 8 atom stereocenters. The van der Waals surface area contributed by atoms with E-state index in [4.69, 9.17) is 28.3 Å². The Labute approximate surface area is 376 Å². The number of ether oxygens (including phenoxy) is 2. The van der Waals surface area contributed by atoms with E-state index < -0.39 is 83.5 Å². The summed E-state index contributed by atoms with van der Waals surface area (Å²) >= 11 is 0. The number of hydrogen-bond donors (Lipinski definition) is 7. The number of hydrogen-bond acceptors (Lipinski definition) is 13. The number of aliphatic hydroxyl groups excluding tert-OH is 4. The Morgan fingerprint density at radius 3 is 1.43 bits per heavy atom. The van der Waals surface area contributed by atoms with Gasteiger partial charge in [0, 0.05) is 12.8 Å². The van der Waals surface area contributed by atoms with Crippen molar-refractivity contribution in [1.82, 2.24) is 0 Å². The van der Waals surface area contributed by atoms with Gasteiger partial charge in [0.15, 0.2) is 6.10 Å². The SMILES string of the molecule is CCCCCC=CCC=CCC=CCCCCC(=O)OC[C@H](COP(=O)(O)O[C@H]1C(O)C(O)C(O)[C@@H](OP(=O)(O)O)C1O)OC(=O)CCCCCCCCCCCCCCCCC. The van der Waals surface area contributed by atoms with Gasteiger partial charge in [-0.1, -0.05) is 153 Å². The molecule has 0 bridgehead atoms. The van der Waals surface area contributed by atoms with Crippen LogP contribution in [0.15, 0.2) is 36.5 Å². The molecule has 0 spiro atoms. The molecule has 16 nitrogen and oxygen atoms in total. The van der Waals surface area contributed by atoms with Gasteiger partial charge in [0.2, 0.25) is 0 Å². The number of rotatable bonds is 39. The largest absolute Gasteiger partial charge is 0.472 e. The molecule has 1 aliphatic carbocycles. The molecule has 0 aliphatic heterocycles. The first kappa shape index (κ1) is 59.2. The van der Waals surface area contributed by atoms with Gasteiger partial charge in [-0.3, -0.25) is 23.2 Å². The van der Waals surface area contributed by atoms with Crippen molar-refractivity contribution in [2.24, 2.45) is 0 Å². The van der Waals surface area contributed by atoms with E-state index in [1.165, 1.54) is 83.5 Å². The second kappa shape index (κ2) is 36.4. The van der Waals surface area contributed by atoms with Crippen molar-refractivity contribution in [2.45, 2.75) is 224 Å². The molecule has 0 aromatic rings. The number of esters is 2. The Morgan fingerprint density at radius 1 is 0.508 bits per heavy atom. The Bertz CT molecular complexity index is 1370. The van der Waals surface area contributed by atoms with Crippen molar-refractivity contribution in [3.05, 3.63) is 36.5 Å². The minimum atomic E-state index is -5.36. The monoisotopic (exact) mass is 941 g/mol. The summed E-state index contributed by atoms with van der Waals surface area (Å²) in [5.74, 6) is -1.25. The molecule has 63 heavy (non-hydrogen) atoms. The minimum Gasteiger partial charge on any atom is -0.462 e.